The van der Waals surface area contributed by atoms with Gasteiger partial charge in [-0.2, -0.15) is 4.68 Å². The summed E-state index contributed by atoms with van der Waals surface area (Å²) in [4.78, 5) is 14.7. The molecule has 0 saturated carbocycles. The van der Waals surface area contributed by atoms with Crippen molar-refractivity contribution in [2.75, 3.05) is 11.4 Å². The highest BCUT2D eigenvalue weighted by Gasteiger charge is 2.31. The van der Waals surface area contributed by atoms with Gasteiger partial charge in [0, 0.05) is 0 Å². The van der Waals surface area contributed by atoms with Crippen LogP contribution in [0.3, 0.4) is 0 Å². The molecule has 8 nitrogen and oxygen atoms in total. The molecule has 4 aromatic rings. The summed E-state index contributed by atoms with van der Waals surface area (Å²) >= 11 is 0. The molecule has 2 aromatic carbocycles. The van der Waals surface area contributed by atoms with Crippen molar-refractivity contribution in [1.29, 1.82) is 0 Å². The molecule has 8 heteroatoms. The monoisotopic (exact) mass is 426 g/mol. The SMILES string of the molecule is Cc1ccc(C2=CC(c3ccccc3)n3nnnc3N2CC(=O)NCc2ccco2)cc1. The van der Waals surface area contributed by atoms with Crippen molar-refractivity contribution in [2.45, 2.75) is 19.5 Å². The molecule has 0 aliphatic carbocycles. The summed E-state index contributed by atoms with van der Waals surface area (Å²) in [5, 5.41) is 15.3. The van der Waals surface area contributed by atoms with E-state index in [1.54, 1.807) is 17.0 Å². The standard InChI is InChI=1S/C24H22N6O2/c1-17-9-11-19(12-10-17)21-14-22(18-6-3-2-4-7-18)30-24(26-27-28-30)29(21)16-23(31)25-15-20-8-5-13-32-20/h2-14,22H,15-16H2,1H3,(H,25,31). The molecule has 0 radical (unpaired) electrons. The quantitative estimate of drug-likeness (QED) is 0.509. The predicted molar refractivity (Wildman–Crippen MR) is 119 cm³/mol. The number of furan rings is 1. The zero-order chi connectivity index (χ0) is 21.9. The normalized spacial score (nSPS) is 15.2. The van der Waals surface area contributed by atoms with E-state index in [9.17, 15) is 4.79 Å². The van der Waals surface area contributed by atoms with Crippen molar-refractivity contribution in [3.63, 3.8) is 0 Å². The van der Waals surface area contributed by atoms with Gasteiger partial charge in [0.15, 0.2) is 0 Å². The molecule has 2 aromatic heterocycles. The lowest BCUT2D eigenvalue weighted by Gasteiger charge is -2.32. The van der Waals surface area contributed by atoms with Gasteiger partial charge in [0.25, 0.3) is 5.95 Å². The topological polar surface area (TPSA) is 89.1 Å². The number of hydrogen-bond acceptors (Lipinski definition) is 6. The molecule has 5 rings (SSSR count). The van der Waals surface area contributed by atoms with Crippen LogP contribution < -0.4 is 10.2 Å². The number of nitrogens with zero attached hydrogens (tertiary/aromatic N) is 5. The Hall–Kier alpha value is -4.20. The van der Waals surface area contributed by atoms with Crippen LogP contribution in [0.1, 0.15) is 28.5 Å². The van der Waals surface area contributed by atoms with Gasteiger partial charge in [-0.25, -0.2) is 0 Å². The minimum absolute atomic E-state index is 0.0717. The first-order chi connectivity index (χ1) is 15.7. The third kappa shape index (κ3) is 3.90. The molecule has 1 aliphatic heterocycles. The second-order valence-electron chi connectivity index (χ2n) is 7.64. The van der Waals surface area contributed by atoms with Gasteiger partial charge < -0.3 is 9.73 Å². The fraction of sp³-hybridized carbons (Fsp3) is 0.167. The molecule has 1 amide bonds. The largest absolute Gasteiger partial charge is 0.467 e. The van der Waals surface area contributed by atoms with E-state index < -0.39 is 0 Å². The van der Waals surface area contributed by atoms with Crippen LogP contribution >= 0.6 is 0 Å². The average molecular weight is 426 g/mol. The average Bonchev–Trinajstić information content (AvgIpc) is 3.52. The number of fused-ring (bicyclic) bond motifs is 1. The maximum atomic E-state index is 12.8. The molecule has 1 atom stereocenters. The Bertz CT molecular complexity index is 1230. The number of nitrogens with one attached hydrogen (secondary N) is 1. The summed E-state index contributed by atoms with van der Waals surface area (Å²) in [6, 6.07) is 21.7. The van der Waals surface area contributed by atoms with Gasteiger partial charge >= 0.3 is 0 Å². The van der Waals surface area contributed by atoms with Crippen LogP contribution in [-0.4, -0.2) is 32.7 Å². The van der Waals surface area contributed by atoms with Crippen molar-refractivity contribution >= 4 is 17.6 Å². The number of aryl methyl sites for hydroxylation is 1. The van der Waals surface area contributed by atoms with Gasteiger partial charge in [-0.05, 0) is 46.7 Å². The van der Waals surface area contributed by atoms with Crippen LogP contribution in [0.2, 0.25) is 0 Å². The molecule has 1 unspecified atom stereocenters. The minimum Gasteiger partial charge on any atom is -0.467 e. The van der Waals surface area contributed by atoms with Gasteiger partial charge in [0.2, 0.25) is 5.91 Å². The number of rotatable bonds is 6. The zero-order valence-corrected chi connectivity index (χ0v) is 17.5. The van der Waals surface area contributed by atoms with E-state index in [0.717, 1.165) is 22.4 Å². The van der Waals surface area contributed by atoms with Crippen LogP contribution in [0.15, 0.2) is 83.5 Å². The van der Waals surface area contributed by atoms with E-state index >= 15 is 0 Å². The summed E-state index contributed by atoms with van der Waals surface area (Å²) in [6.07, 6.45) is 3.69. The number of carbonyl (C=O) groups is 1. The summed E-state index contributed by atoms with van der Waals surface area (Å²) in [5.74, 6) is 1.05. The number of allylic oxidation sites excluding steroid dienone is 1. The van der Waals surface area contributed by atoms with E-state index in [2.05, 4.69) is 51.2 Å². The molecule has 1 aliphatic rings. The Morgan fingerprint density at radius 3 is 2.62 bits per heavy atom. The van der Waals surface area contributed by atoms with Gasteiger partial charge in [0.1, 0.15) is 18.3 Å². The summed E-state index contributed by atoms with van der Waals surface area (Å²) in [5.41, 5.74) is 4.10. The Labute approximate surface area is 185 Å². The van der Waals surface area contributed by atoms with Crippen molar-refractivity contribution in [3.05, 3.63) is 102 Å². The number of tetrazole rings is 1. The lowest BCUT2D eigenvalue weighted by atomic mass is 10.00. The molecule has 1 N–H and O–H groups in total. The van der Waals surface area contributed by atoms with Crippen LogP contribution in [0.5, 0.6) is 0 Å². The van der Waals surface area contributed by atoms with Gasteiger partial charge in [-0.3, -0.25) is 9.69 Å². The highest BCUT2D eigenvalue weighted by molar-refractivity contribution is 5.89. The van der Waals surface area contributed by atoms with Crippen LogP contribution in [0, 0.1) is 6.92 Å². The Morgan fingerprint density at radius 2 is 1.88 bits per heavy atom. The molecule has 0 fully saturated rings. The maximum absolute atomic E-state index is 12.8. The Morgan fingerprint density at radius 1 is 1.06 bits per heavy atom. The third-order valence-electron chi connectivity index (χ3n) is 5.42. The maximum Gasteiger partial charge on any atom is 0.251 e. The summed E-state index contributed by atoms with van der Waals surface area (Å²) in [6.45, 7) is 2.44. The van der Waals surface area contributed by atoms with E-state index in [1.807, 2.05) is 48.2 Å². The fourth-order valence-electron chi connectivity index (χ4n) is 3.78. The number of hydrogen-bond donors (Lipinski definition) is 1. The minimum atomic E-state index is -0.181. The number of amides is 1. The first kappa shape index (κ1) is 19.7. The summed E-state index contributed by atoms with van der Waals surface area (Å²) < 4.78 is 7.05. The van der Waals surface area contributed by atoms with E-state index in [4.69, 9.17) is 4.42 Å². The van der Waals surface area contributed by atoms with Gasteiger partial charge in [0.05, 0.1) is 18.5 Å². The van der Waals surface area contributed by atoms with E-state index in [1.165, 1.54) is 0 Å². The molecule has 160 valence electrons. The highest BCUT2D eigenvalue weighted by Crippen LogP contribution is 2.36. The van der Waals surface area contributed by atoms with Gasteiger partial charge in [-0.1, -0.05) is 65.3 Å². The van der Waals surface area contributed by atoms with Crippen LogP contribution in [0.4, 0.5) is 5.95 Å². The Kier molecular flexibility index (Phi) is 5.25. The predicted octanol–water partition coefficient (Wildman–Crippen LogP) is 3.34. The number of benzene rings is 2. The second kappa shape index (κ2) is 8.50. The molecule has 3 heterocycles. The van der Waals surface area contributed by atoms with Crippen molar-refractivity contribution < 1.29 is 9.21 Å². The Balaban J connectivity index is 1.50. The highest BCUT2D eigenvalue weighted by atomic mass is 16.3. The first-order valence-electron chi connectivity index (χ1n) is 10.4. The molecular weight excluding hydrogens is 404 g/mol. The van der Waals surface area contributed by atoms with E-state index in [-0.39, 0.29) is 18.5 Å². The molecule has 0 saturated heterocycles. The first-order valence-corrected chi connectivity index (χ1v) is 10.4. The van der Waals surface area contributed by atoms with Crippen molar-refractivity contribution in [3.8, 4) is 0 Å². The molecule has 0 bridgehead atoms. The zero-order valence-electron chi connectivity index (χ0n) is 17.5. The molecular formula is C24H22N6O2. The smallest absolute Gasteiger partial charge is 0.251 e. The molecule has 0 spiro atoms. The van der Waals surface area contributed by atoms with Crippen LogP contribution in [-0.2, 0) is 11.3 Å². The van der Waals surface area contributed by atoms with Crippen LogP contribution in [0.25, 0.3) is 5.70 Å². The van der Waals surface area contributed by atoms with Gasteiger partial charge in [-0.15, -0.1) is 0 Å². The molecule has 32 heavy (non-hydrogen) atoms. The summed E-state index contributed by atoms with van der Waals surface area (Å²) in [7, 11) is 0. The third-order valence-corrected chi connectivity index (χ3v) is 5.42. The number of aromatic nitrogens is 4. The second-order valence-corrected chi connectivity index (χ2v) is 7.64. The fourth-order valence-corrected chi connectivity index (χ4v) is 3.78. The lowest BCUT2D eigenvalue weighted by molar-refractivity contribution is -0.119. The van der Waals surface area contributed by atoms with Crippen molar-refractivity contribution in [1.82, 2.24) is 25.5 Å². The van der Waals surface area contributed by atoms with Crippen molar-refractivity contribution in [2.24, 2.45) is 0 Å². The lowest BCUT2D eigenvalue weighted by Crippen LogP contribution is -2.39. The van der Waals surface area contributed by atoms with E-state index in [0.29, 0.717) is 18.3 Å². The number of anilines is 1. The number of carbonyl (C=O) groups excluding carboxylic acids is 1.